The molecule has 2 saturated heterocycles. The number of para-hydroxylation sites is 1. The van der Waals surface area contributed by atoms with Crippen molar-refractivity contribution < 1.29 is 24.2 Å². The molecule has 4 heterocycles. The average Bonchev–Trinajstić information content (AvgIpc) is 3.32. The predicted octanol–water partition coefficient (Wildman–Crippen LogP) is 3.98. The number of hydrogen-bond acceptors (Lipinski definition) is 5. The van der Waals surface area contributed by atoms with Gasteiger partial charge in [0.05, 0.1) is 30.1 Å². The Balaban J connectivity index is 1.53. The number of fused-ring (bicyclic) bond motifs is 2. The molecule has 3 amide bonds. The Kier molecular flexibility index (Phi) is 8.01. The fourth-order valence-electron chi connectivity index (χ4n) is 8.18. The van der Waals surface area contributed by atoms with Gasteiger partial charge in [-0.25, -0.2) is 0 Å². The first-order valence-corrected chi connectivity index (χ1v) is 15.9. The van der Waals surface area contributed by atoms with Crippen LogP contribution in [-0.2, 0) is 25.5 Å². The van der Waals surface area contributed by atoms with Gasteiger partial charge < -0.3 is 24.5 Å². The fraction of sp³-hybridized carbons (Fsp3) is 0.472. The van der Waals surface area contributed by atoms with Gasteiger partial charge in [0, 0.05) is 25.3 Å². The molecule has 8 heteroatoms. The van der Waals surface area contributed by atoms with Gasteiger partial charge >= 0.3 is 0 Å². The maximum atomic E-state index is 15.0. The largest absolute Gasteiger partial charge is 0.394 e. The minimum Gasteiger partial charge on any atom is -0.394 e. The Morgan fingerprint density at radius 3 is 2.25 bits per heavy atom. The summed E-state index contributed by atoms with van der Waals surface area (Å²) in [7, 11) is 0. The number of amides is 3. The second kappa shape index (κ2) is 11.6. The number of benzene rings is 2. The molecular weight excluding hydrogens is 554 g/mol. The van der Waals surface area contributed by atoms with Gasteiger partial charge in [0.15, 0.2) is 0 Å². The number of aliphatic hydroxyl groups excluding tert-OH is 1. The maximum Gasteiger partial charge on any atom is 0.253 e. The standard InChI is InChI=1S/C36H43N3O5/c1-5-19-37-20-11-17-35(6-2)28(32(37)41)29-33(42)39(27(23-40)22-26-15-8-7-9-16-26)31-34(43)38(21-12-18-36(29,31)44-35)30-24(3)13-10-14-25(30)4/h7-18,27-29,31,40H,5-6,19-23H2,1-4H3/t27-,28+,29+,31?,35-,36+/m1/s1. The van der Waals surface area contributed by atoms with Crippen LogP contribution in [0.1, 0.15) is 43.4 Å². The SMILES string of the molecule is CCCN1CC=C[C@@]2(CC)O[C@]34C=CCN(c5c(C)cccc5C)C(=O)C3N([C@@H](CO)Cc3ccccc3)C(=O)[C@@H]4[C@H]2C1=O. The van der Waals surface area contributed by atoms with Gasteiger partial charge in [-0.15, -0.1) is 0 Å². The summed E-state index contributed by atoms with van der Waals surface area (Å²) < 4.78 is 7.12. The Morgan fingerprint density at radius 2 is 1.59 bits per heavy atom. The molecule has 0 bridgehead atoms. The van der Waals surface area contributed by atoms with E-state index < -0.39 is 35.1 Å². The van der Waals surface area contributed by atoms with E-state index in [9.17, 15) is 14.7 Å². The molecule has 0 aliphatic carbocycles. The minimum absolute atomic E-state index is 0.116. The molecule has 0 saturated carbocycles. The third-order valence-corrected chi connectivity index (χ3v) is 10.1. The summed E-state index contributed by atoms with van der Waals surface area (Å²) >= 11 is 0. The lowest BCUT2D eigenvalue weighted by Crippen LogP contribution is -2.59. The van der Waals surface area contributed by atoms with E-state index in [2.05, 4.69) is 0 Å². The molecular formula is C36H43N3O5. The third kappa shape index (κ3) is 4.53. The van der Waals surface area contributed by atoms with Crippen LogP contribution in [0.5, 0.6) is 0 Å². The number of hydrogen-bond donors (Lipinski definition) is 1. The number of likely N-dealkylation sites (tertiary alicyclic amines) is 1. The molecule has 0 radical (unpaired) electrons. The van der Waals surface area contributed by atoms with Gasteiger partial charge in [0.2, 0.25) is 11.8 Å². The van der Waals surface area contributed by atoms with Crippen molar-refractivity contribution in [2.24, 2.45) is 11.8 Å². The third-order valence-electron chi connectivity index (χ3n) is 10.1. The van der Waals surface area contributed by atoms with Crippen LogP contribution in [0.4, 0.5) is 5.69 Å². The number of aryl methyl sites for hydroxylation is 2. The second-order valence-corrected chi connectivity index (χ2v) is 12.7. The Hall–Kier alpha value is -3.75. The Bertz CT molecular complexity index is 1480. The van der Waals surface area contributed by atoms with Crippen molar-refractivity contribution in [1.82, 2.24) is 9.80 Å². The van der Waals surface area contributed by atoms with Crippen LogP contribution in [-0.4, -0.2) is 82.2 Å². The summed E-state index contributed by atoms with van der Waals surface area (Å²) in [6.07, 6.45) is 9.38. The highest BCUT2D eigenvalue weighted by Gasteiger charge is 2.76. The van der Waals surface area contributed by atoms with Gasteiger partial charge in [-0.3, -0.25) is 14.4 Å². The number of nitrogens with zero attached hydrogens (tertiary/aromatic N) is 3. The molecule has 0 aromatic heterocycles. The van der Waals surface area contributed by atoms with Crippen LogP contribution >= 0.6 is 0 Å². The van der Waals surface area contributed by atoms with Gasteiger partial charge in [-0.1, -0.05) is 86.7 Å². The van der Waals surface area contributed by atoms with Crippen LogP contribution in [0.15, 0.2) is 72.8 Å². The van der Waals surface area contributed by atoms with E-state index in [0.717, 1.165) is 28.8 Å². The van der Waals surface area contributed by atoms with Crippen LogP contribution < -0.4 is 4.90 Å². The molecule has 4 aliphatic heterocycles. The molecule has 4 aliphatic rings. The van der Waals surface area contributed by atoms with Gasteiger partial charge in [0.25, 0.3) is 5.91 Å². The van der Waals surface area contributed by atoms with E-state index in [-0.39, 0.29) is 24.3 Å². The van der Waals surface area contributed by atoms with Crippen molar-refractivity contribution in [2.45, 2.75) is 70.2 Å². The quantitative estimate of drug-likeness (QED) is 0.465. The smallest absolute Gasteiger partial charge is 0.253 e. The molecule has 6 rings (SSSR count). The number of ether oxygens (including phenoxy) is 1. The summed E-state index contributed by atoms with van der Waals surface area (Å²) in [4.78, 5) is 49.5. The van der Waals surface area contributed by atoms with E-state index in [1.165, 1.54) is 0 Å². The molecule has 232 valence electrons. The predicted molar refractivity (Wildman–Crippen MR) is 169 cm³/mol. The van der Waals surface area contributed by atoms with Crippen molar-refractivity contribution >= 4 is 23.4 Å². The normalized spacial score (nSPS) is 30.2. The summed E-state index contributed by atoms with van der Waals surface area (Å²) in [5, 5.41) is 10.8. The maximum absolute atomic E-state index is 15.0. The van der Waals surface area contributed by atoms with Crippen LogP contribution in [0.25, 0.3) is 0 Å². The summed E-state index contributed by atoms with van der Waals surface area (Å²) in [6.45, 7) is 8.97. The Labute approximate surface area is 260 Å². The summed E-state index contributed by atoms with van der Waals surface area (Å²) in [5.74, 6) is -2.40. The highest BCUT2D eigenvalue weighted by molar-refractivity contribution is 6.06. The second-order valence-electron chi connectivity index (χ2n) is 12.7. The molecule has 6 atom stereocenters. The lowest BCUT2D eigenvalue weighted by molar-refractivity contribution is -0.152. The van der Waals surface area contributed by atoms with Crippen molar-refractivity contribution in [3.8, 4) is 0 Å². The molecule has 8 nitrogen and oxygen atoms in total. The molecule has 1 N–H and O–H groups in total. The lowest BCUT2D eigenvalue weighted by Gasteiger charge is -2.41. The number of aliphatic hydroxyl groups is 1. The zero-order valence-electron chi connectivity index (χ0n) is 26.1. The number of anilines is 1. The van der Waals surface area contributed by atoms with E-state index >= 15 is 4.79 Å². The van der Waals surface area contributed by atoms with E-state index in [0.29, 0.717) is 32.5 Å². The summed E-state index contributed by atoms with van der Waals surface area (Å²) in [5.41, 5.74) is 1.25. The number of rotatable bonds is 8. The first kappa shape index (κ1) is 30.3. The average molecular weight is 598 g/mol. The van der Waals surface area contributed by atoms with E-state index in [1.54, 1.807) is 9.80 Å². The molecule has 2 fully saturated rings. The van der Waals surface area contributed by atoms with Gasteiger partial charge in [0.1, 0.15) is 11.6 Å². The van der Waals surface area contributed by atoms with Gasteiger partial charge in [-0.2, -0.15) is 0 Å². The minimum atomic E-state index is -1.38. The molecule has 2 aromatic carbocycles. The molecule has 1 spiro atoms. The first-order valence-electron chi connectivity index (χ1n) is 15.9. The van der Waals surface area contributed by atoms with Crippen LogP contribution in [0, 0.1) is 25.7 Å². The van der Waals surface area contributed by atoms with Crippen LogP contribution in [0.2, 0.25) is 0 Å². The lowest BCUT2D eigenvalue weighted by atomic mass is 9.73. The number of carbonyl (C=O) groups is 3. The summed E-state index contributed by atoms with van der Waals surface area (Å²) in [6, 6.07) is 13.9. The number of carbonyl (C=O) groups excluding carboxylic acids is 3. The molecule has 2 aromatic rings. The monoisotopic (exact) mass is 597 g/mol. The van der Waals surface area contributed by atoms with Gasteiger partial charge in [-0.05, 0) is 49.8 Å². The van der Waals surface area contributed by atoms with Crippen molar-refractivity contribution in [2.75, 3.05) is 31.1 Å². The van der Waals surface area contributed by atoms with Crippen LogP contribution in [0.3, 0.4) is 0 Å². The van der Waals surface area contributed by atoms with E-state index in [1.807, 2.05) is 105 Å². The highest BCUT2D eigenvalue weighted by Crippen LogP contribution is 2.59. The first-order chi connectivity index (χ1) is 21.2. The zero-order valence-corrected chi connectivity index (χ0v) is 26.1. The Morgan fingerprint density at radius 1 is 0.886 bits per heavy atom. The molecule has 44 heavy (non-hydrogen) atoms. The zero-order chi connectivity index (χ0) is 31.2. The van der Waals surface area contributed by atoms with Crippen molar-refractivity contribution in [1.29, 1.82) is 0 Å². The highest BCUT2D eigenvalue weighted by atomic mass is 16.5. The fourth-order valence-corrected chi connectivity index (χ4v) is 8.18. The van der Waals surface area contributed by atoms with Crippen molar-refractivity contribution in [3.63, 3.8) is 0 Å². The van der Waals surface area contributed by atoms with E-state index in [4.69, 9.17) is 4.74 Å². The topological polar surface area (TPSA) is 90.4 Å². The van der Waals surface area contributed by atoms with Crippen molar-refractivity contribution in [3.05, 3.63) is 89.5 Å². The molecule has 1 unspecified atom stereocenters.